The maximum Gasteiger partial charge on any atom is 0.194 e. The molecule has 0 aliphatic heterocycles. The number of imidazole rings is 1. The van der Waals surface area contributed by atoms with Crippen molar-refractivity contribution in [2.24, 2.45) is 0 Å². The minimum absolute atomic E-state index is 0.520. The highest BCUT2D eigenvalue weighted by Crippen LogP contribution is 2.20. The van der Waals surface area contributed by atoms with Gasteiger partial charge in [0, 0.05) is 23.7 Å². The molecule has 0 bridgehead atoms. The van der Waals surface area contributed by atoms with E-state index in [0.29, 0.717) is 6.04 Å². The van der Waals surface area contributed by atoms with Crippen LogP contribution in [0, 0.1) is 13.8 Å². The van der Waals surface area contributed by atoms with E-state index in [1.165, 1.54) is 10.6 Å². The van der Waals surface area contributed by atoms with Gasteiger partial charge in [0.1, 0.15) is 0 Å². The average Bonchev–Trinajstić information content (AvgIpc) is 2.79. The maximum atomic E-state index is 4.62. The molecule has 0 aliphatic rings. The maximum absolute atomic E-state index is 4.62. The van der Waals surface area contributed by atoms with E-state index in [1.54, 1.807) is 11.3 Å². The first-order chi connectivity index (χ1) is 8.97. The van der Waals surface area contributed by atoms with Crippen LogP contribution in [0.25, 0.3) is 4.96 Å². The fourth-order valence-electron chi connectivity index (χ4n) is 2.15. The van der Waals surface area contributed by atoms with Gasteiger partial charge in [-0.15, -0.1) is 11.3 Å². The molecule has 1 unspecified atom stereocenters. The molecule has 19 heavy (non-hydrogen) atoms. The first-order valence-electron chi connectivity index (χ1n) is 6.79. The van der Waals surface area contributed by atoms with Gasteiger partial charge >= 0.3 is 0 Å². The van der Waals surface area contributed by atoms with E-state index < -0.39 is 0 Å². The van der Waals surface area contributed by atoms with Crippen molar-refractivity contribution in [3.8, 4) is 0 Å². The first kappa shape index (κ1) is 14.5. The second kappa shape index (κ2) is 6.03. The minimum Gasteiger partial charge on any atom is -0.309 e. The van der Waals surface area contributed by atoms with Crippen LogP contribution in [0.15, 0.2) is 6.20 Å². The second-order valence-corrected chi connectivity index (χ2v) is 6.73. The molecule has 106 valence electrons. The number of hydrogen-bond donors (Lipinski definition) is 1. The Morgan fingerprint density at radius 3 is 2.84 bits per heavy atom. The summed E-state index contributed by atoms with van der Waals surface area (Å²) >= 11 is 1.75. The summed E-state index contributed by atoms with van der Waals surface area (Å²) in [5, 5.41) is 3.60. The highest BCUT2D eigenvalue weighted by atomic mass is 32.1. The van der Waals surface area contributed by atoms with Gasteiger partial charge in [0.25, 0.3) is 0 Å². The molecular formula is C14H24N4S. The molecule has 0 aromatic carbocycles. The fraction of sp³-hybridized carbons (Fsp3) is 0.643. The number of rotatable bonds is 6. The van der Waals surface area contributed by atoms with Gasteiger partial charge in [-0.1, -0.05) is 0 Å². The van der Waals surface area contributed by atoms with Crippen molar-refractivity contribution in [3.63, 3.8) is 0 Å². The van der Waals surface area contributed by atoms with E-state index in [0.717, 1.165) is 30.2 Å². The number of nitrogens with one attached hydrogen (secondary N) is 1. The molecular weight excluding hydrogens is 256 g/mol. The van der Waals surface area contributed by atoms with Crippen molar-refractivity contribution < 1.29 is 0 Å². The summed E-state index contributed by atoms with van der Waals surface area (Å²) in [5.74, 6) is 0. The third-order valence-electron chi connectivity index (χ3n) is 3.37. The van der Waals surface area contributed by atoms with Crippen molar-refractivity contribution in [1.82, 2.24) is 19.6 Å². The Kier molecular flexibility index (Phi) is 4.60. The van der Waals surface area contributed by atoms with Gasteiger partial charge in [0.05, 0.1) is 11.4 Å². The molecule has 0 amide bonds. The fourth-order valence-corrected chi connectivity index (χ4v) is 3.04. The standard InChI is InChI=1S/C14H24N4S/c1-10(6-7-17(4)5)15-8-13-12(3)16-14-18(13)9-11(2)19-14/h9-10,15H,6-8H2,1-5H3. The monoisotopic (exact) mass is 280 g/mol. The third-order valence-corrected chi connectivity index (χ3v) is 4.27. The van der Waals surface area contributed by atoms with Crippen LogP contribution < -0.4 is 5.32 Å². The lowest BCUT2D eigenvalue weighted by atomic mass is 10.2. The topological polar surface area (TPSA) is 32.6 Å². The molecule has 0 fully saturated rings. The van der Waals surface area contributed by atoms with E-state index in [4.69, 9.17) is 0 Å². The molecule has 1 N–H and O–H groups in total. The van der Waals surface area contributed by atoms with Crippen molar-refractivity contribution in [3.05, 3.63) is 22.5 Å². The number of aromatic nitrogens is 2. The van der Waals surface area contributed by atoms with Crippen LogP contribution in [0.1, 0.15) is 29.6 Å². The van der Waals surface area contributed by atoms with Gasteiger partial charge in [-0.2, -0.15) is 0 Å². The van der Waals surface area contributed by atoms with Gasteiger partial charge < -0.3 is 10.2 Å². The first-order valence-corrected chi connectivity index (χ1v) is 7.61. The van der Waals surface area contributed by atoms with E-state index in [2.05, 4.69) is 60.7 Å². The summed E-state index contributed by atoms with van der Waals surface area (Å²) in [5.41, 5.74) is 2.43. The van der Waals surface area contributed by atoms with Gasteiger partial charge in [-0.3, -0.25) is 4.40 Å². The van der Waals surface area contributed by atoms with Gasteiger partial charge in [-0.05, 0) is 47.8 Å². The Morgan fingerprint density at radius 2 is 2.16 bits per heavy atom. The molecule has 0 spiro atoms. The molecule has 2 heterocycles. The van der Waals surface area contributed by atoms with Crippen molar-refractivity contribution >= 4 is 16.3 Å². The van der Waals surface area contributed by atoms with Gasteiger partial charge in [-0.25, -0.2) is 4.98 Å². The molecule has 0 saturated heterocycles. The Hall–Kier alpha value is -0.910. The Morgan fingerprint density at radius 1 is 1.42 bits per heavy atom. The smallest absolute Gasteiger partial charge is 0.194 e. The second-order valence-electron chi connectivity index (χ2n) is 5.51. The summed E-state index contributed by atoms with van der Waals surface area (Å²) in [4.78, 5) is 9.26. The van der Waals surface area contributed by atoms with Crippen LogP contribution >= 0.6 is 11.3 Å². The molecule has 2 aromatic rings. The summed E-state index contributed by atoms with van der Waals surface area (Å²) < 4.78 is 2.22. The predicted octanol–water partition coefficient (Wildman–Crippen LogP) is 2.44. The largest absolute Gasteiger partial charge is 0.309 e. The minimum atomic E-state index is 0.520. The van der Waals surface area contributed by atoms with E-state index >= 15 is 0 Å². The summed E-state index contributed by atoms with van der Waals surface area (Å²) in [6, 6.07) is 0.520. The molecule has 0 radical (unpaired) electrons. The third kappa shape index (κ3) is 3.55. The lowest BCUT2D eigenvalue weighted by molar-refractivity contribution is 0.365. The number of hydrogen-bond acceptors (Lipinski definition) is 4. The molecule has 5 heteroatoms. The van der Waals surface area contributed by atoms with Gasteiger partial charge in [0.15, 0.2) is 4.96 Å². The molecule has 0 aliphatic carbocycles. The Bertz CT molecular complexity index is 541. The summed E-state index contributed by atoms with van der Waals surface area (Å²) in [6.07, 6.45) is 3.35. The molecule has 2 aromatic heterocycles. The molecule has 2 rings (SSSR count). The normalized spacial score (nSPS) is 13.6. The zero-order chi connectivity index (χ0) is 14.0. The SMILES string of the molecule is Cc1cn2c(CNC(C)CCN(C)C)c(C)nc2s1. The van der Waals surface area contributed by atoms with E-state index in [9.17, 15) is 0 Å². The molecule has 1 atom stereocenters. The van der Waals surface area contributed by atoms with Crippen LogP contribution in [0.3, 0.4) is 0 Å². The summed E-state index contributed by atoms with van der Waals surface area (Å²) in [6.45, 7) is 8.47. The highest BCUT2D eigenvalue weighted by Gasteiger charge is 2.11. The van der Waals surface area contributed by atoms with Crippen LogP contribution in [0.4, 0.5) is 0 Å². The van der Waals surface area contributed by atoms with Crippen LogP contribution in [-0.2, 0) is 6.54 Å². The number of nitrogens with zero attached hydrogens (tertiary/aromatic N) is 3. The number of aryl methyl sites for hydroxylation is 2. The van der Waals surface area contributed by atoms with Crippen LogP contribution in [0.2, 0.25) is 0 Å². The quantitative estimate of drug-likeness (QED) is 0.882. The Balaban J connectivity index is 1.99. The lowest BCUT2D eigenvalue weighted by Gasteiger charge is -2.16. The molecule has 4 nitrogen and oxygen atoms in total. The average molecular weight is 280 g/mol. The van der Waals surface area contributed by atoms with Crippen molar-refractivity contribution in [2.45, 2.75) is 39.8 Å². The van der Waals surface area contributed by atoms with Crippen molar-refractivity contribution in [1.29, 1.82) is 0 Å². The van der Waals surface area contributed by atoms with Gasteiger partial charge in [0.2, 0.25) is 0 Å². The summed E-state index contributed by atoms with van der Waals surface area (Å²) in [7, 11) is 4.23. The van der Waals surface area contributed by atoms with Crippen molar-refractivity contribution in [2.75, 3.05) is 20.6 Å². The van der Waals surface area contributed by atoms with E-state index in [-0.39, 0.29) is 0 Å². The predicted molar refractivity (Wildman–Crippen MR) is 82.0 cm³/mol. The van der Waals surface area contributed by atoms with Crippen LogP contribution in [0.5, 0.6) is 0 Å². The lowest BCUT2D eigenvalue weighted by Crippen LogP contribution is -2.29. The van der Waals surface area contributed by atoms with Crippen LogP contribution in [-0.4, -0.2) is 41.0 Å². The zero-order valence-electron chi connectivity index (χ0n) is 12.5. The molecule has 0 saturated carbocycles. The number of fused-ring (bicyclic) bond motifs is 1. The Labute approximate surface area is 119 Å². The van der Waals surface area contributed by atoms with E-state index in [1.807, 2.05) is 0 Å². The zero-order valence-corrected chi connectivity index (χ0v) is 13.3. The number of thiazole rings is 1. The highest BCUT2D eigenvalue weighted by molar-refractivity contribution is 7.17.